The Morgan fingerprint density at radius 1 is 1.50 bits per heavy atom. The third-order valence-corrected chi connectivity index (χ3v) is 4.22. The lowest BCUT2D eigenvalue weighted by Crippen LogP contribution is -2.35. The molecule has 2 aromatic rings. The van der Waals surface area contributed by atoms with Gasteiger partial charge in [-0.05, 0) is 36.6 Å². The Morgan fingerprint density at radius 2 is 2.35 bits per heavy atom. The van der Waals surface area contributed by atoms with E-state index >= 15 is 0 Å². The molecule has 20 heavy (non-hydrogen) atoms. The van der Waals surface area contributed by atoms with Crippen LogP contribution < -0.4 is 10.6 Å². The monoisotopic (exact) mass is 291 g/mol. The van der Waals surface area contributed by atoms with Crippen LogP contribution in [0, 0.1) is 5.82 Å². The molecule has 0 atom stereocenters. The van der Waals surface area contributed by atoms with Gasteiger partial charge in [0, 0.05) is 24.2 Å². The molecule has 1 amide bonds. The molecular formula is C14H14FN3OS. The summed E-state index contributed by atoms with van der Waals surface area (Å²) in [6.45, 7) is 0.965. The molecule has 0 saturated carbocycles. The van der Waals surface area contributed by atoms with Crippen LogP contribution >= 0.6 is 11.3 Å². The fourth-order valence-corrected chi connectivity index (χ4v) is 3.07. The first-order valence-corrected chi connectivity index (χ1v) is 7.32. The average molecular weight is 291 g/mol. The van der Waals surface area contributed by atoms with E-state index in [-0.39, 0.29) is 11.7 Å². The summed E-state index contributed by atoms with van der Waals surface area (Å²) < 4.78 is 13.3. The Morgan fingerprint density at radius 3 is 3.10 bits per heavy atom. The van der Waals surface area contributed by atoms with Crippen LogP contribution in [-0.4, -0.2) is 17.4 Å². The Balaban J connectivity index is 1.93. The van der Waals surface area contributed by atoms with Crippen LogP contribution in [0.25, 0.3) is 0 Å². The number of nitrogens with zero attached hydrogens (tertiary/aromatic N) is 2. The van der Waals surface area contributed by atoms with E-state index < -0.39 is 0 Å². The number of halogens is 1. The maximum atomic E-state index is 13.3. The quantitative estimate of drug-likeness (QED) is 0.924. The molecule has 0 saturated heterocycles. The fourth-order valence-electron chi connectivity index (χ4n) is 2.42. The maximum absolute atomic E-state index is 13.3. The van der Waals surface area contributed by atoms with Gasteiger partial charge in [0.2, 0.25) is 0 Å². The van der Waals surface area contributed by atoms with E-state index in [4.69, 9.17) is 5.73 Å². The molecule has 0 aliphatic carbocycles. The molecule has 1 aromatic heterocycles. The molecule has 104 valence electrons. The van der Waals surface area contributed by atoms with Gasteiger partial charge in [-0.2, -0.15) is 0 Å². The highest BCUT2D eigenvalue weighted by atomic mass is 32.1. The SMILES string of the molecule is NCc1nc(C(=O)N2CCCc3cc(F)ccc32)cs1. The van der Waals surface area contributed by atoms with Crippen molar-refractivity contribution in [3.8, 4) is 0 Å². The third kappa shape index (κ3) is 2.32. The molecule has 2 N–H and O–H groups in total. The molecule has 3 rings (SSSR count). The number of fused-ring (bicyclic) bond motifs is 1. The summed E-state index contributed by atoms with van der Waals surface area (Å²) in [6.07, 6.45) is 1.62. The van der Waals surface area contributed by atoms with Gasteiger partial charge in [-0.3, -0.25) is 4.79 Å². The predicted molar refractivity (Wildman–Crippen MR) is 76.4 cm³/mol. The van der Waals surface area contributed by atoms with Gasteiger partial charge in [0.05, 0.1) is 0 Å². The highest BCUT2D eigenvalue weighted by Crippen LogP contribution is 2.29. The van der Waals surface area contributed by atoms with Gasteiger partial charge in [-0.15, -0.1) is 11.3 Å². The number of aryl methyl sites for hydroxylation is 1. The number of anilines is 1. The Kier molecular flexibility index (Phi) is 3.50. The van der Waals surface area contributed by atoms with Crippen LogP contribution in [0.3, 0.4) is 0 Å². The van der Waals surface area contributed by atoms with Crippen LogP contribution in [0.1, 0.15) is 27.5 Å². The van der Waals surface area contributed by atoms with Gasteiger partial charge in [0.1, 0.15) is 16.5 Å². The van der Waals surface area contributed by atoms with Crippen molar-refractivity contribution in [3.05, 3.63) is 45.7 Å². The lowest BCUT2D eigenvalue weighted by Gasteiger charge is -2.28. The maximum Gasteiger partial charge on any atom is 0.277 e. The van der Waals surface area contributed by atoms with Crippen molar-refractivity contribution < 1.29 is 9.18 Å². The molecule has 6 heteroatoms. The number of aromatic nitrogens is 1. The molecule has 4 nitrogen and oxygen atoms in total. The topological polar surface area (TPSA) is 59.2 Å². The summed E-state index contributed by atoms with van der Waals surface area (Å²) in [5.41, 5.74) is 7.58. The number of amides is 1. The van der Waals surface area contributed by atoms with Crippen LogP contribution in [-0.2, 0) is 13.0 Å². The standard InChI is InChI=1S/C14H14FN3OS/c15-10-3-4-12-9(6-10)2-1-5-18(12)14(19)11-8-20-13(7-16)17-11/h3-4,6,8H,1-2,5,7,16H2. The van der Waals surface area contributed by atoms with E-state index in [9.17, 15) is 9.18 Å². The van der Waals surface area contributed by atoms with Crippen molar-refractivity contribution in [3.63, 3.8) is 0 Å². The Labute approximate surface area is 120 Å². The van der Waals surface area contributed by atoms with Crippen LogP contribution in [0.15, 0.2) is 23.6 Å². The highest BCUT2D eigenvalue weighted by Gasteiger charge is 2.25. The summed E-state index contributed by atoms with van der Waals surface area (Å²) in [5, 5.41) is 2.46. The van der Waals surface area contributed by atoms with E-state index in [1.165, 1.54) is 23.5 Å². The summed E-state index contributed by atoms with van der Waals surface area (Å²) >= 11 is 1.38. The third-order valence-electron chi connectivity index (χ3n) is 3.35. The molecular weight excluding hydrogens is 277 g/mol. The second-order valence-corrected chi connectivity index (χ2v) is 5.61. The predicted octanol–water partition coefficient (Wildman–Crippen LogP) is 2.33. The van der Waals surface area contributed by atoms with Crippen molar-refractivity contribution in [1.29, 1.82) is 0 Å². The Bertz CT molecular complexity index is 656. The lowest BCUT2D eigenvalue weighted by atomic mass is 10.0. The molecule has 0 radical (unpaired) electrons. The number of carbonyl (C=O) groups excluding carboxylic acids is 1. The first-order chi connectivity index (χ1) is 9.69. The molecule has 0 spiro atoms. The molecule has 2 heterocycles. The second kappa shape index (κ2) is 5.30. The molecule has 1 aliphatic heterocycles. The highest BCUT2D eigenvalue weighted by molar-refractivity contribution is 7.09. The molecule has 1 aliphatic rings. The zero-order chi connectivity index (χ0) is 14.1. The summed E-state index contributed by atoms with van der Waals surface area (Å²) in [4.78, 5) is 18.4. The average Bonchev–Trinajstić information content (AvgIpc) is 2.94. The zero-order valence-corrected chi connectivity index (χ0v) is 11.6. The van der Waals surface area contributed by atoms with Gasteiger partial charge in [0.25, 0.3) is 5.91 Å². The second-order valence-electron chi connectivity index (χ2n) is 4.66. The van der Waals surface area contributed by atoms with Crippen molar-refractivity contribution >= 4 is 22.9 Å². The fraction of sp³-hybridized carbons (Fsp3) is 0.286. The summed E-state index contributed by atoms with van der Waals surface area (Å²) in [5.74, 6) is -0.411. The molecule has 1 aromatic carbocycles. The number of hydrogen-bond donors (Lipinski definition) is 1. The molecule has 0 fully saturated rings. The number of hydrogen-bond acceptors (Lipinski definition) is 4. The van der Waals surface area contributed by atoms with Gasteiger partial charge in [0.15, 0.2) is 0 Å². The summed E-state index contributed by atoms with van der Waals surface area (Å²) in [7, 11) is 0. The minimum atomic E-state index is -0.267. The minimum Gasteiger partial charge on any atom is -0.325 e. The lowest BCUT2D eigenvalue weighted by molar-refractivity contribution is 0.0981. The van der Waals surface area contributed by atoms with Crippen LogP contribution in [0.5, 0.6) is 0 Å². The van der Waals surface area contributed by atoms with Gasteiger partial charge < -0.3 is 10.6 Å². The Hall–Kier alpha value is -1.79. The number of rotatable bonds is 2. The van der Waals surface area contributed by atoms with Crippen molar-refractivity contribution in [2.24, 2.45) is 5.73 Å². The number of carbonyl (C=O) groups is 1. The summed E-state index contributed by atoms with van der Waals surface area (Å²) in [6, 6.07) is 4.55. The smallest absolute Gasteiger partial charge is 0.277 e. The number of benzene rings is 1. The van der Waals surface area contributed by atoms with Gasteiger partial charge in [-0.1, -0.05) is 0 Å². The van der Waals surface area contributed by atoms with E-state index in [2.05, 4.69) is 4.98 Å². The van der Waals surface area contributed by atoms with Gasteiger partial charge in [-0.25, -0.2) is 9.37 Å². The van der Waals surface area contributed by atoms with E-state index in [0.29, 0.717) is 18.8 Å². The van der Waals surface area contributed by atoms with Crippen LogP contribution in [0.4, 0.5) is 10.1 Å². The van der Waals surface area contributed by atoms with Crippen molar-refractivity contribution in [2.75, 3.05) is 11.4 Å². The molecule has 0 bridgehead atoms. The van der Waals surface area contributed by atoms with E-state index in [1.54, 1.807) is 16.3 Å². The number of nitrogens with two attached hydrogens (primary N) is 1. The van der Waals surface area contributed by atoms with Gasteiger partial charge >= 0.3 is 0 Å². The largest absolute Gasteiger partial charge is 0.325 e. The zero-order valence-electron chi connectivity index (χ0n) is 10.8. The van der Waals surface area contributed by atoms with E-state index in [0.717, 1.165) is 29.1 Å². The van der Waals surface area contributed by atoms with E-state index in [1.807, 2.05) is 0 Å². The number of thiazole rings is 1. The van der Waals surface area contributed by atoms with Crippen molar-refractivity contribution in [1.82, 2.24) is 4.98 Å². The first kappa shape index (κ1) is 13.2. The van der Waals surface area contributed by atoms with Crippen LogP contribution in [0.2, 0.25) is 0 Å². The first-order valence-electron chi connectivity index (χ1n) is 6.44. The normalized spacial score (nSPS) is 14.2. The molecule has 0 unspecified atom stereocenters. The minimum absolute atomic E-state index is 0.145. The van der Waals surface area contributed by atoms with Crippen molar-refractivity contribution in [2.45, 2.75) is 19.4 Å².